The van der Waals surface area contributed by atoms with Gasteiger partial charge in [0.25, 0.3) is 5.91 Å². The van der Waals surface area contributed by atoms with Crippen LogP contribution in [-0.4, -0.2) is 23.3 Å². The van der Waals surface area contributed by atoms with Crippen molar-refractivity contribution in [3.63, 3.8) is 0 Å². The van der Waals surface area contributed by atoms with Crippen molar-refractivity contribution in [3.8, 4) is 0 Å². The van der Waals surface area contributed by atoms with E-state index in [1.165, 1.54) is 12.3 Å². The lowest BCUT2D eigenvalue weighted by molar-refractivity contribution is 0.0977. The topological polar surface area (TPSA) is 76.3 Å². The maximum atomic E-state index is 12.7. The number of nitrogens with two attached hydrogens (primary N) is 1. The third-order valence-electron chi connectivity index (χ3n) is 3.73. The van der Waals surface area contributed by atoms with Crippen LogP contribution in [0.3, 0.4) is 0 Å². The monoisotopic (exact) mass is 315 g/mol. The zero-order valence-corrected chi connectivity index (χ0v) is 12.5. The highest BCUT2D eigenvalue weighted by molar-refractivity contribution is 6.29. The van der Waals surface area contributed by atoms with Crippen molar-refractivity contribution in [2.45, 2.75) is 12.8 Å². The van der Waals surface area contributed by atoms with E-state index in [4.69, 9.17) is 17.3 Å². The molecule has 0 saturated heterocycles. The fourth-order valence-corrected chi connectivity index (χ4v) is 2.93. The molecule has 2 amide bonds. The molecule has 1 aliphatic rings. The van der Waals surface area contributed by atoms with Gasteiger partial charge in [0.05, 0.1) is 0 Å². The fraction of sp³-hybridized carbons (Fsp3) is 0.188. The van der Waals surface area contributed by atoms with E-state index < -0.39 is 5.91 Å². The van der Waals surface area contributed by atoms with E-state index in [0.29, 0.717) is 17.7 Å². The highest BCUT2D eigenvalue weighted by atomic mass is 35.5. The Balaban J connectivity index is 2.03. The number of primary amides is 1. The number of amides is 2. The van der Waals surface area contributed by atoms with E-state index in [-0.39, 0.29) is 11.1 Å². The van der Waals surface area contributed by atoms with Gasteiger partial charge in [-0.15, -0.1) is 0 Å². The molecule has 5 nitrogen and oxygen atoms in total. The Morgan fingerprint density at radius 1 is 1.27 bits per heavy atom. The van der Waals surface area contributed by atoms with Gasteiger partial charge in [0.1, 0.15) is 5.15 Å². The number of hydrogen-bond acceptors (Lipinski definition) is 3. The van der Waals surface area contributed by atoms with Gasteiger partial charge >= 0.3 is 0 Å². The second-order valence-corrected chi connectivity index (χ2v) is 5.48. The van der Waals surface area contributed by atoms with Gasteiger partial charge in [-0.1, -0.05) is 17.7 Å². The number of rotatable bonds is 2. The van der Waals surface area contributed by atoms with Crippen LogP contribution in [0.15, 0.2) is 36.5 Å². The molecule has 1 aromatic carbocycles. The highest BCUT2D eigenvalue weighted by Crippen LogP contribution is 2.31. The number of carbonyl (C=O) groups excluding carboxylic acids is 2. The number of hydrogen-bond donors (Lipinski definition) is 1. The van der Waals surface area contributed by atoms with Crippen LogP contribution in [0.1, 0.15) is 32.7 Å². The van der Waals surface area contributed by atoms with E-state index in [2.05, 4.69) is 4.98 Å². The third kappa shape index (κ3) is 2.55. The number of halogens is 1. The molecular formula is C16H14ClN3O2. The second kappa shape index (κ2) is 5.77. The summed E-state index contributed by atoms with van der Waals surface area (Å²) in [6, 6.07) is 8.43. The van der Waals surface area contributed by atoms with E-state index in [1.807, 2.05) is 6.07 Å². The summed E-state index contributed by atoms with van der Waals surface area (Å²) in [5.41, 5.74) is 7.93. The quantitative estimate of drug-likeness (QED) is 0.865. The average molecular weight is 316 g/mol. The molecule has 6 heteroatoms. The number of pyridine rings is 1. The standard InChI is InChI=1S/C16H14ClN3O2/c17-14-9-10(6-7-19-14)16(22)20-8-2-4-11-12(15(18)21)3-1-5-13(11)20/h1,3,5-7,9H,2,4,8H2,(H2,18,21). The van der Waals surface area contributed by atoms with Crippen LogP contribution in [0.4, 0.5) is 5.69 Å². The number of fused-ring (bicyclic) bond motifs is 1. The predicted octanol–water partition coefficient (Wildman–Crippen LogP) is 2.43. The van der Waals surface area contributed by atoms with Crippen LogP contribution in [0.25, 0.3) is 0 Å². The molecule has 112 valence electrons. The molecule has 0 atom stereocenters. The maximum absolute atomic E-state index is 12.7. The summed E-state index contributed by atoms with van der Waals surface area (Å²) < 4.78 is 0. The predicted molar refractivity (Wildman–Crippen MR) is 84.2 cm³/mol. The first-order chi connectivity index (χ1) is 10.6. The number of nitrogens with zero attached hydrogens (tertiary/aromatic N) is 2. The number of anilines is 1. The lowest BCUT2D eigenvalue weighted by atomic mass is 9.95. The van der Waals surface area contributed by atoms with Gasteiger partial charge < -0.3 is 10.6 Å². The van der Waals surface area contributed by atoms with Crippen LogP contribution >= 0.6 is 11.6 Å². The Morgan fingerprint density at radius 2 is 2.09 bits per heavy atom. The number of carbonyl (C=O) groups is 2. The number of benzene rings is 1. The summed E-state index contributed by atoms with van der Waals surface area (Å²) in [5.74, 6) is -0.634. The van der Waals surface area contributed by atoms with Crippen LogP contribution in [0.5, 0.6) is 0 Å². The summed E-state index contributed by atoms with van der Waals surface area (Å²) in [7, 11) is 0. The molecule has 0 bridgehead atoms. The molecule has 2 aromatic rings. The summed E-state index contributed by atoms with van der Waals surface area (Å²) in [5, 5.41) is 0.272. The lowest BCUT2D eigenvalue weighted by Gasteiger charge is -2.30. The van der Waals surface area contributed by atoms with Crippen LogP contribution < -0.4 is 10.6 Å². The Kier molecular flexibility index (Phi) is 3.81. The van der Waals surface area contributed by atoms with E-state index in [9.17, 15) is 9.59 Å². The van der Waals surface area contributed by atoms with Gasteiger partial charge in [-0.05, 0) is 42.7 Å². The molecule has 22 heavy (non-hydrogen) atoms. The van der Waals surface area contributed by atoms with Crippen molar-refractivity contribution < 1.29 is 9.59 Å². The van der Waals surface area contributed by atoms with Crippen molar-refractivity contribution in [3.05, 3.63) is 58.4 Å². The highest BCUT2D eigenvalue weighted by Gasteiger charge is 2.26. The SMILES string of the molecule is NC(=O)c1cccc2c1CCCN2C(=O)c1ccnc(Cl)c1. The minimum absolute atomic E-state index is 0.160. The van der Waals surface area contributed by atoms with Gasteiger partial charge in [0.15, 0.2) is 0 Å². The van der Waals surface area contributed by atoms with E-state index >= 15 is 0 Å². The zero-order valence-electron chi connectivity index (χ0n) is 11.8. The molecule has 0 aliphatic carbocycles. The summed E-state index contributed by atoms with van der Waals surface area (Å²) in [6.45, 7) is 0.591. The summed E-state index contributed by atoms with van der Waals surface area (Å²) in [6.07, 6.45) is 3.01. The third-order valence-corrected chi connectivity index (χ3v) is 3.94. The van der Waals surface area contributed by atoms with Crippen molar-refractivity contribution in [2.75, 3.05) is 11.4 Å². The minimum atomic E-state index is -0.474. The molecule has 0 unspecified atom stereocenters. The first-order valence-electron chi connectivity index (χ1n) is 6.93. The second-order valence-electron chi connectivity index (χ2n) is 5.10. The maximum Gasteiger partial charge on any atom is 0.258 e. The van der Waals surface area contributed by atoms with Gasteiger partial charge in [-0.2, -0.15) is 0 Å². The molecule has 1 aromatic heterocycles. The van der Waals surface area contributed by atoms with Crippen molar-refractivity contribution in [1.82, 2.24) is 4.98 Å². The van der Waals surface area contributed by atoms with Gasteiger partial charge in [0, 0.05) is 29.6 Å². The number of aromatic nitrogens is 1. The van der Waals surface area contributed by atoms with Gasteiger partial charge in [-0.3, -0.25) is 9.59 Å². The van der Waals surface area contributed by atoms with E-state index in [1.54, 1.807) is 23.1 Å². The zero-order chi connectivity index (χ0) is 15.7. The summed E-state index contributed by atoms with van der Waals surface area (Å²) >= 11 is 5.85. The van der Waals surface area contributed by atoms with Crippen molar-refractivity contribution in [2.24, 2.45) is 5.73 Å². The molecule has 2 heterocycles. The van der Waals surface area contributed by atoms with Crippen LogP contribution in [0.2, 0.25) is 5.15 Å². The van der Waals surface area contributed by atoms with Crippen molar-refractivity contribution in [1.29, 1.82) is 0 Å². The average Bonchev–Trinajstić information content (AvgIpc) is 2.53. The first kappa shape index (κ1) is 14.5. The van der Waals surface area contributed by atoms with E-state index in [0.717, 1.165) is 24.1 Å². The first-order valence-corrected chi connectivity index (χ1v) is 7.31. The molecule has 0 saturated carbocycles. The van der Waals surface area contributed by atoms with Crippen LogP contribution in [-0.2, 0) is 6.42 Å². The molecule has 3 rings (SSSR count). The fourth-order valence-electron chi connectivity index (χ4n) is 2.76. The van der Waals surface area contributed by atoms with Gasteiger partial charge in [0.2, 0.25) is 5.91 Å². The Labute approximate surface area is 132 Å². The van der Waals surface area contributed by atoms with Crippen molar-refractivity contribution >= 4 is 29.1 Å². The molecule has 1 aliphatic heterocycles. The molecule has 0 radical (unpaired) electrons. The van der Waals surface area contributed by atoms with Crippen LogP contribution in [0, 0.1) is 0 Å². The Morgan fingerprint density at radius 3 is 2.82 bits per heavy atom. The molecule has 0 fully saturated rings. The van der Waals surface area contributed by atoms with Gasteiger partial charge in [-0.25, -0.2) is 4.98 Å². The Hall–Kier alpha value is -2.40. The molecule has 2 N–H and O–H groups in total. The molecule has 0 spiro atoms. The lowest BCUT2D eigenvalue weighted by Crippen LogP contribution is -2.36. The largest absolute Gasteiger partial charge is 0.366 e. The smallest absolute Gasteiger partial charge is 0.258 e. The summed E-state index contributed by atoms with van der Waals surface area (Å²) in [4.78, 5) is 29.8. The minimum Gasteiger partial charge on any atom is -0.366 e. The Bertz CT molecular complexity index is 761. The normalized spacial score (nSPS) is 13.6. The molecular weight excluding hydrogens is 302 g/mol.